The Morgan fingerprint density at radius 2 is 2.33 bits per heavy atom. The summed E-state index contributed by atoms with van der Waals surface area (Å²) in [6.07, 6.45) is 2.35. The number of benzene rings is 1. The summed E-state index contributed by atoms with van der Waals surface area (Å²) in [6.45, 7) is 1.25. The number of hydrogen-bond acceptors (Lipinski definition) is 3. The van der Waals surface area contributed by atoms with Gasteiger partial charge in [-0.1, -0.05) is 11.6 Å². The number of aryl methyl sites for hydroxylation is 1. The number of rotatable bonds is 3. The zero-order valence-corrected chi connectivity index (χ0v) is 9.18. The predicted octanol–water partition coefficient (Wildman–Crippen LogP) is 1.87. The van der Waals surface area contributed by atoms with Gasteiger partial charge in [-0.25, -0.2) is 0 Å². The summed E-state index contributed by atoms with van der Waals surface area (Å²) in [4.78, 5) is 0. The first kappa shape index (κ1) is 10.6. The lowest BCUT2D eigenvalue weighted by Crippen LogP contribution is -2.01. The van der Waals surface area contributed by atoms with Crippen molar-refractivity contribution in [1.29, 1.82) is 0 Å². The highest BCUT2D eigenvalue weighted by atomic mass is 35.5. The topological polar surface area (TPSA) is 55.5 Å². The Kier molecular flexibility index (Phi) is 3.03. The highest BCUT2D eigenvalue weighted by Crippen LogP contribution is 2.40. The van der Waals surface area contributed by atoms with Crippen molar-refractivity contribution in [2.45, 2.75) is 19.3 Å². The molecule has 82 valence electrons. The van der Waals surface area contributed by atoms with Gasteiger partial charge in [0.2, 0.25) is 0 Å². The Morgan fingerprint density at radius 1 is 1.53 bits per heavy atom. The number of aromatic hydroxyl groups is 1. The Hall–Kier alpha value is -0.930. The molecular formula is C11H14ClNO2. The van der Waals surface area contributed by atoms with Gasteiger partial charge in [-0.05, 0) is 31.0 Å². The van der Waals surface area contributed by atoms with Gasteiger partial charge in [-0.3, -0.25) is 0 Å². The van der Waals surface area contributed by atoms with Crippen molar-refractivity contribution in [2.75, 3.05) is 13.2 Å². The quantitative estimate of drug-likeness (QED) is 0.829. The molecule has 0 atom stereocenters. The molecule has 0 bridgehead atoms. The fourth-order valence-electron chi connectivity index (χ4n) is 1.81. The fraction of sp³-hybridized carbons (Fsp3) is 0.455. The van der Waals surface area contributed by atoms with Crippen molar-refractivity contribution in [3.05, 3.63) is 22.2 Å². The molecule has 1 heterocycles. The summed E-state index contributed by atoms with van der Waals surface area (Å²) in [5.41, 5.74) is 7.18. The lowest BCUT2D eigenvalue weighted by atomic mass is 10.0. The first-order chi connectivity index (χ1) is 7.24. The second kappa shape index (κ2) is 4.29. The third kappa shape index (κ3) is 1.90. The Bertz CT molecular complexity index is 379. The highest BCUT2D eigenvalue weighted by molar-refractivity contribution is 6.33. The summed E-state index contributed by atoms with van der Waals surface area (Å²) in [6, 6.07) is 1.87. The van der Waals surface area contributed by atoms with E-state index in [-0.39, 0.29) is 5.75 Å². The molecule has 3 N–H and O–H groups in total. The molecule has 0 spiro atoms. The zero-order chi connectivity index (χ0) is 10.8. The first-order valence-electron chi connectivity index (χ1n) is 5.10. The molecule has 1 aromatic carbocycles. The van der Waals surface area contributed by atoms with Gasteiger partial charge < -0.3 is 15.6 Å². The average molecular weight is 228 g/mol. The summed E-state index contributed by atoms with van der Waals surface area (Å²) in [5.74, 6) is 0.999. The summed E-state index contributed by atoms with van der Waals surface area (Å²) >= 11 is 6.06. The van der Waals surface area contributed by atoms with Gasteiger partial charge in [-0.15, -0.1) is 0 Å². The monoisotopic (exact) mass is 227 g/mol. The molecule has 2 rings (SSSR count). The largest absolute Gasteiger partial charge is 0.506 e. The molecule has 1 aliphatic rings. The molecule has 0 amide bonds. The van der Waals surface area contributed by atoms with Crippen LogP contribution in [0.3, 0.4) is 0 Å². The molecule has 0 fully saturated rings. The lowest BCUT2D eigenvalue weighted by molar-refractivity contribution is 0.356. The number of halogens is 1. The van der Waals surface area contributed by atoms with E-state index in [0.717, 1.165) is 36.1 Å². The van der Waals surface area contributed by atoms with E-state index in [0.29, 0.717) is 18.2 Å². The fourth-order valence-corrected chi connectivity index (χ4v) is 2.12. The number of phenols is 1. The second-order valence-corrected chi connectivity index (χ2v) is 4.04. The minimum atomic E-state index is 0.189. The molecule has 3 nitrogen and oxygen atoms in total. The second-order valence-electron chi connectivity index (χ2n) is 3.67. The highest BCUT2D eigenvalue weighted by Gasteiger charge is 2.20. The van der Waals surface area contributed by atoms with E-state index < -0.39 is 0 Å². The van der Waals surface area contributed by atoms with Crippen LogP contribution >= 0.6 is 11.6 Å². The van der Waals surface area contributed by atoms with Crippen molar-refractivity contribution < 1.29 is 9.84 Å². The van der Waals surface area contributed by atoms with Gasteiger partial charge >= 0.3 is 0 Å². The van der Waals surface area contributed by atoms with Gasteiger partial charge in [0.05, 0.1) is 11.6 Å². The van der Waals surface area contributed by atoms with Crippen molar-refractivity contribution in [1.82, 2.24) is 0 Å². The van der Waals surface area contributed by atoms with E-state index in [1.807, 2.05) is 6.07 Å². The minimum absolute atomic E-state index is 0.189. The Morgan fingerprint density at radius 3 is 3.07 bits per heavy atom. The van der Waals surface area contributed by atoms with E-state index in [4.69, 9.17) is 22.1 Å². The van der Waals surface area contributed by atoms with E-state index in [9.17, 15) is 5.11 Å². The maximum atomic E-state index is 9.86. The van der Waals surface area contributed by atoms with Crippen LogP contribution in [0.4, 0.5) is 0 Å². The SMILES string of the molecule is NCCCc1cc2c(c(Cl)c1O)CCO2. The number of nitrogens with two attached hydrogens (primary N) is 1. The van der Waals surface area contributed by atoms with E-state index >= 15 is 0 Å². The third-order valence-corrected chi connectivity index (χ3v) is 3.05. The van der Waals surface area contributed by atoms with Gasteiger partial charge in [0.25, 0.3) is 0 Å². The van der Waals surface area contributed by atoms with Crippen LogP contribution in [-0.4, -0.2) is 18.3 Å². The number of ether oxygens (including phenoxy) is 1. The van der Waals surface area contributed by atoms with Crippen LogP contribution in [0.15, 0.2) is 6.07 Å². The summed E-state index contributed by atoms with van der Waals surface area (Å²) < 4.78 is 5.43. The molecule has 1 aromatic rings. The summed E-state index contributed by atoms with van der Waals surface area (Å²) in [5, 5.41) is 10.3. The van der Waals surface area contributed by atoms with Crippen LogP contribution in [0.25, 0.3) is 0 Å². The molecule has 0 aliphatic carbocycles. The molecule has 1 aliphatic heterocycles. The summed E-state index contributed by atoms with van der Waals surface area (Å²) in [7, 11) is 0. The van der Waals surface area contributed by atoms with E-state index in [1.54, 1.807) is 0 Å². The number of fused-ring (bicyclic) bond motifs is 1. The van der Waals surface area contributed by atoms with Crippen molar-refractivity contribution in [3.8, 4) is 11.5 Å². The maximum Gasteiger partial charge on any atom is 0.137 e. The first-order valence-corrected chi connectivity index (χ1v) is 5.48. The minimum Gasteiger partial charge on any atom is -0.506 e. The molecule has 0 aromatic heterocycles. The van der Waals surface area contributed by atoms with Crippen LogP contribution in [0.5, 0.6) is 11.5 Å². The molecule has 15 heavy (non-hydrogen) atoms. The Labute approximate surface area is 93.8 Å². The van der Waals surface area contributed by atoms with Gasteiger partial charge in [0.1, 0.15) is 11.5 Å². The lowest BCUT2D eigenvalue weighted by Gasteiger charge is -2.09. The predicted molar refractivity (Wildman–Crippen MR) is 59.7 cm³/mol. The van der Waals surface area contributed by atoms with E-state index in [1.165, 1.54) is 0 Å². The third-order valence-electron chi connectivity index (χ3n) is 2.64. The van der Waals surface area contributed by atoms with Crippen LogP contribution in [0.2, 0.25) is 5.02 Å². The molecule has 4 heteroatoms. The normalized spacial score (nSPS) is 13.7. The number of hydrogen-bond donors (Lipinski definition) is 2. The number of phenolic OH excluding ortho intramolecular Hbond substituents is 1. The smallest absolute Gasteiger partial charge is 0.137 e. The molecule has 0 saturated heterocycles. The van der Waals surface area contributed by atoms with Gasteiger partial charge in [-0.2, -0.15) is 0 Å². The molecule has 0 saturated carbocycles. The van der Waals surface area contributed by atoms with Crippen LogP contribution < -0.4 is 10.5 Å². The van der Waals surface area contributed by atoms with Crippen molar-refractivity contribution >= 4 is 11.6 Å². The molecule has 0 radical (unpaired) electrons. The van der Waals surface area contributed by atoms with Crippen LogP contribution in [0.1, 0.15) is 17.5 Å². The maximum absolute atomic E-state index is 9.86. The standard InChI is InChI=1S/C11H14ClNO2/c12-10-8-3-5-15-9(8)6-7(11(10)14)2-1-4-13/h6,14H,1-5,13H2. The van der Waals surface area contributed by atoms with Gasteiger partial charge in [0.15, 0.2) is 0 Å². The molecule has 0 unspecified atom stereocenters. The van der Waals surface area contributed by atoms with E-state index in [2.05, 4.69) is 0 Å². The Balaban J connectivity index is 2.36. The van der Waals surface area contributed by atoms with Gasteiger partial charge in [0, 0.05) is 12.0 Å². The molecular weight excluding hydrogens is 214 g/mol. The zero-order valence-electron chi connectivity index (χ0n) is 8.42. The van der Waals surface area contributed by atoms with Crippen molar-refractivity contribution in [2.24, 2.45) is 5.73 Å². The van der Waals surface area contributed by atoms with Crippen molar-refractivity contribution in [3.63, 3.8) is 0 Å². The van der Waals surface area contributed by atoms with Crippen LogP contribution in [-0.2, 0) is 12.8 Å². The average Bonchev–Trinajstić information content (AvgIpc) is 2.69. The van der Waals surface area contributed by atoms with Crippen LogP contribution in [0, 0.1) is 0 Å².